The zero-order valence-corrected chi connectivity index (χ0v) is 17.0. The average molecular weight is 408 g/mol. The summed E-state index contributed by atoms with van der Waals surface area (Å²) in [6, 6.07) is -0.319. The molecular weight excluding hydrogens is 378 g/mol. The summed E-state index contributed by atoms with van der Waals surface area (Å²) in [4.78, 5) is 27.2. The van der Waals surface area contributed by atoms with Crippen LogP contribution in [0.25, 0.3) is 0 Å². The lowest BCUT2D eigenvalue weighted by Crippen LogP contribution is -2.52. The Balaban J connectivity index is 0.00000243. The fourth-order valence-corrected chi connectivity index (χ4v) is 6.34. The Bertz CT molecular complexity index is 642. The molecule has 26 heavy (non-hydrogen) atoms. The van der Waals surface area contributed by atoms with Crippen LogP contribution in [-0.4, -0.2) is 68.9 Å². The molecule has 1 aliphatic carbocycles. The van der Waals surface area contributed by atoms with Crippen molar-refractivity contribution in [1.82, 2.24) is 15.5 Å². The molecule has 0 spiro atoms. The van der Waals surface area contributed by atoms with Crippen LogP contribution in [0.1, 0.15) is 39.0 Å². The highest BCUT2D eigenvalue weighted by Crippen LogP contribution is 2.45. The van der Waals surface area contributed by atoms with E-state index in [4.69, 9.17) is 0 Å². The molecule has 0 aromatic carbocycles. The van der Waals surface area contributed by atoms with Crippen LogP contribution in [0.2, 0.25) is 0 Å². The summed E-state index contributed by atoms with van der Waals surface area (Å²) in [7, 11) is -3.02. The predicted molar refractivity (Wildman–Crippen MR) is 102 cm³/mol. The van der Waals surface area contributed by atoms with Gasteiger partial charge in [-0.05, 0) is 38.6 Å². The minimum atomic E-state index is -3.02. The molecule has 0 radical (unpaired) electrons. The molecule has 2 amide bonds. The maximum Gasteiger partial charge on any atom is 0.239 e. The molecule has 1 unspecified atom stereocenters. The molecule has 7 nitrogen and oxygen atoms in total. The van der Waals surface area contributed by atoms with E-state index in [1.807, 2.05) is 6.92 Å². The Kier molecular flexibility index (Phi) is 6.96. The number of rotatable bonds is 5. The maximum atomic E-state index is 13.2. The van der Waals surface area contributed by atoms with Crippen LogP contribution in [0, 0.1) is 11.3 Å². The number of hydrogen-bond acceptors (Lipinski definition) is 5. The maximum absolute atomic E-state index is 13.2. The zero-order chi connectivity index (χ0) is 18.1. The van der Waals surface area contributed by atoms with Gasteiger partial charge in [0.05, 0.1) is 23.5 Å². The lowest BCUT2D eigenvalue weighted by molar-refractivity contribution is -0.147. The summed E-state index contributed by atoms with van der Waals surface area (Å²) in [5.74, 6) is 0.330. The van der Waals surface area contributed by atoms with Crippen LogP contribution in [0.3, 0.4) is 0 Å². The van der Waals surface area contributed by atoms with E-state index in [1.165, 1.54) is 6.42 Å². The molecule has 2 saturated heterocycles. The molecule has 3 fully saturated rings. The first-order valence-corrected chi connectivity index (χ1v) is 11.2. The first-order chi connectivity index (χ1) is 11.9. The summed E-state index contributed by atoms with van der Waals surface area (Å²) < 4.78 is 23.0. The van der Waals surface area contributed by atoms with E-state index in [1.54, 1.807) is 4.90 Å². The Morgan fingerprint density at radius 3 is 2.69 bits per heavy atom. The third kappa shape index (κ3) is 4.34. The third-order valence-corrected chi connectivity index (χ3v) is 7.83. The van der Waals surface area contributed by atoms with E-state index in [9.17, 15) is 18.0 Å². The highest BCUT2D eigenvalue weighted by molar-refractivity contribution is 7.91. The zero-order valence-electron chi connectivity index (χ0n) is 15.3. The van der Waals surface area contributed by atoms with Gasteiger partial charge >= 0.3 is 0 Å². The Labute approximate surface area is 162 Å². The second kappa shape index (κ2) is 8.44. The van der Waals surface area contributed by atoms with Gasteiger partial charge in [0.2, 0.25) is 11.8 Å². The number of likely N-dealkylation sites (N-methyl/N-ethyl adjacent to an activating group) is 1. The van der Waals surface area contributed by atoms with Crippen LogP contribution in [0.15, 0.2) is 0 Å². The van der Waals surface area contributed by atoms with Gasteiger partial charge in [-0.1, -0.05) is 12.8 Å². The van der Waals surface area contributed by atoms with E-state index in [-0.39, 0.29) is 53.7 Å². The summed E-state index contributed by atoms with van der Waals surface area (Å²) in [5.41, 5.74) is -0.356. The van der Waals surface area contributed by atoms with Gasteiger partial charge in [-0.3, -0.25) is 9.59 Å². The third-order valence-electron chi connectivity index (χ3n) is 6.07. The van der Waals surface area contributed by atoms with Crippen molar-refractivity contribution in [2.24, 2.45) is 11.3 Å². The SMILES string of the molecule is CCN(CC(=O)NC1CCS(=O)(=O)C1)C(=O)[C@@]12CCCC[C@H]1CNC2.Cl. The van der Waals surface area contributed by atoms with Crippen molar-refractivity contribution in [2.75, 3.05) is 37.7 Å². The van der Waals surface area contributed by atoms with E-state index in [2.05, 4.69) is 10.6 Å². The smallest absolute Gasteiger partial charge is 0.239 e. The Morgan fingerprint density at radius 2 is 2.04 bits per heavy atom. The van der Waals surface area contributed by atoms with Gasteiger partial charge in [0.15, 0.2) is 9.84 Å². The first kappa shape index (κ1) is 21.4. The van der Waals surface area contributed by atoms with E-state index in [0.29, 0.717) is 25.4 Å². The molecular formula is C17H30ClN3O4S. The van der Waals surface area contributed by atoms with Crippen molar-refractivity contribution in [1.29, 1.82) is 0 Å². The fraction of sp³-hybridized carbons (Fsp3) is 0.882. The largest absolute Gasteiger partial charge is 0.351 e. The number of fused-ring (bicyclic) bond motifs is 1. The van der Waals surface area contributed by atoms with Crippen LogP contribution < -0.4 is 10.6 Å². The van der Waals surface area contributed by atoms with Crippen LogP contribution >= 0.6 is 12.4 Å². The summed E-state index contributed by atoms with van der Waals surface area (Å²) in [6.45, 7) is 3.98. The average Bonchev–Trinajstić information content (AvgIpc) is 3.15. The highest BCUT2D eigenvalue weighted by atomic mass is 35.5. The predicted octanol–water partition coefficient (Wildman–Crippen LogP) is 0.340. The molecule has 0 aromatic rings. The molecule has 0 aromatic heterocycles. The van der Waals surface area contributed by atoms with Gasteiger partial charge in [0, 0.05) is 19.1 Å². The van der Waals surface area contributed by atoms with Crippen molar-refractivity contribution >= 4 is 34.1 Å². The molecule has 150 valence electrons. The standard InChI is InChI=1S/C17H29N3O4S.ClH/c1-2-20(10-15(21)19-14-6-8-25(23,24)11-14)16(22)17-7-4-3-5-13(17)9-18-12-17;/h13-14,18H,2-12H2,1H3,(H,19,21);1H/t13-,14?,17+;/m0./s1. The van der Waals surface area contributed by atoms with Gasteiger partial charge in [0.1, 0.15) is 0 Å². The van der Waals surface area contributed by atoms with E-state index >= 15 is 0 Å². The quantitative estimate of drug-likeness (QED) is 0.685. The monoisotopic (exact) mass is 407 g/mol. The lowest BCUT2D eigenvalue weighted by Gasteiger charge is -2.40. The molecule has 2 aliphatic heterocycles. The molecule has 3 rings (SSSR count). The second-order valence-corrected chi connectivity index (χ2v) is 9.95. The first-order valence-electron chi connectivity index (χ1n) is 9.36. The molecule has 0 bridgehead atoms. The molecule has 2 heterocycles. The number of carbonyl (C=O) groups excluding carboxylic acids is 2. The van der Waals surface area contributed by atoms with Gasteiger partial charge in [-0.15, -0.1) is 12.4 Å². The number of carbonyl (C=O) groups is 2. The minimum absolute atomic E-state index is 0. The lowest BCUT2D eigenvalue weighted by atomic mass is 9.67. The van der Waals surface area contributed by atoms with Crippen molar-refractivity contribution in [3.8, 4) is 0 Å². The number of amides is 2. The van der Waals surface area contributed by atoms with Gasteiger partial charge in [-0.2, -0.15) is 0 Å². The second-order valence-electron chi connectivity index (χ2n) is 7.72. The Hall–Kier alpha value is -0.860. The fourth-order valence-electron chi connectivity index (χ4n) is 4.67. The molecule has 3 aliphatic rings. The summed E-state index contributed by atoms with van der Waals surface area (Å²) in [5, 5.41) is 6.16. The van der Waals surface area contributed by atoms with Crippen molar-refractivity contribution in [3.63, 3.8) is 0 Å². The number of sulfone groups is 1. The van der Waals surface area contributed by atoms with E-state index in [0.717, 1.165) is 25.8 Å². The van der Waals surface area contributed by atoms with Crippen LogP contribution in [0.4, 0.5) is 0 Å². The molecule has 3 atom stereocenters. The normalized spacial score (nSPS) is 32.3. The van der Waals surface area contributed by atoms with Gasteiger partial charge in [-0.25, -0.2) is 8.42 Å². The molecule has 1 saturated carbocycles. The van der Waals surface area contributed by atoms with Crippen LogP contribution in [0.5, 0.6) is 0 Å². The summed E-state index contributed by atoms with van der Waals surface area (Å²) >= 11 is 0. The van der Waals surface area contributed by atoms with Gasteiger partial charge < -0.3 is 15.5 Å². The molecule has 9 heteroatoms. The van der Waals surface area contributed by atoms with Crippen molar-refractivity contribution in [3.05, 3.63) is 0 Å². The Morgan fingerprint density at radius 1 is 1.27 bits per heavy atom. The number of halogens is 1. The van der Waals surface area contributed by atoms with Crippen molar-refractivity contribution in [2.45, 2.75) is 45.1 Å². The van der Waals surface area contributed by atoms with Crippen LogP contribution in [-0.2, 0) is 19.4 Å². The topological polar surface area (TPSA) is 95.6 Å². The highest BCUT2D eigenvalue weighted by Gasteiger charge is 2.51. The summed E-state index contributed by atoms with van der Waals surface area (Å²) in [6.07, 6.45) is 4.66. The van der Waals surface area contributed by atoms with Crippen molar-refractivity contribution < 1.29 is 18.0 Å². The number of nitrogens with zero attached hydrogens (tertiary/aromatic N) is 1. The van der Waals surface area contributed by atoms with Gasteiger partial charge in [0.25, 0.3) is 0 Å². The van der Waals surface area contributed by atoms with E-state index < -0.39 is 9.84 Å². The minimum Gasteiger partial charge on any atom is -0.351 e. The number of hydrogen-bond donors (Lipinski definition) is 2. The molecule has 2 N–H and O–H groups in total. The number of nitrogens with one attached hydrogen (secondary N) is 2.